The van der Waals surface area contributed by atoms with E-state index in [1.54, 1.807) is 0 Å². The number of aliphatic carboxylic acids is 1. The first-order valence-electron chi connectivity index (χ1n) is 12.9. The van der Waals surface area contributed by atoms with Gasteiger partial charge in [-0.15, -0.1) is 0 Å². The van der Waals surface area contributed by atoms with Crippen molar-refractivity contribution in [2.45, 2.75) is 91.8 Å². The highest BCUT2D eigenvalue weighted by molar-refractivity contribution is 5.66. The highest BCUT2D eigenvalue weighted by atomic mass is 16.5. The minimum atomic E-state index is -0.924. The van der Waals surface area contributed by atoms with Crippen molar-refractivity contribution in [3.8, 4) is 5.75 Å². The lowest BCUT2D eigenvalue weighted by atomic mass is 9.70. The summed E-state index contributed by atoms with van der Waals surface area (Å²) in [6.45, 7) is 14.7. The summed E-state index contributed by atoms with van der Waals surface area (Å²) < 4.78 is 5.81. The van der Waals surface area contributed by atoms with Crippen LogP contribution in [0, 0.1) is 19.3 Å². The zero-order valence-electron chi connectivity index (χ0n) is 23.0. The van der Waals surface area contributed by atoms with Gasteiger partial charge in [0.1, 0.15) is 12.4 Å². The van der Waals surface area contributed by atoms with Crippen LogP contribution in [0.5, 0.6) is 5.75 Å². The van der Waals surface area contributed by atoms with E-state index in [4.69, 9.17) is 9.84 Å². The molecule has 2 aromatic carbocycles. The summed E-state index contributed by atoms with van der Waals surface area (Å²) in [7, 11) is 0. The molecule has 0 amide bonds. The van der Waals surface area contributed by atoms with Crippen LogP contribution in [0.1, 0.15) is 88.1 Å². The molecule has 3 N–H and O–H groups in total. The fraction of sp³-hybridized carbons (Fsp3) is 0.516. The molecule has 2 atom stereocenters. The number of hydrogen-bond donors (Lipinski definition) is 3. The summed E-state index contributed by atoms with van der Waals surface area (Å²) in [5, 5.41) is 29.2. The van der Waals surface area contributed by atoms with Crippen LogP contribution in [0.25, 0.3) is 6.08 Å². The number of aryl methyl sites for hydroxylation is 2. The molecule has 1 unspecified atom stereocenters. The lowest BCUT2D eigenvalue weighted by molar-refractivity contribution is -0.137. The van der Waals surface area contributed by atoms with E-state index in [0.717, 1.165) is 24.0 Å². The summed E-state index contributed by atoms with van der Waals surface area (Å²) in [5.41, 5.74) is 5.38. The molecular formula is C31H44O5. The second kappa shape index (κ2) is 12.6. The van der Waals surface area contributed by atoms with Crippen LogP contribution < -0.4 is 4.74 Å². The van der Waals surface area contributed by atoms with Gasteiger partial charge in [-0.2, -0.15) is 0 Å². The number of aliphatic hydroxyl groups is 2. The van der Waals surface area contributed by atoms with Gasteiger partial charge in [0.25, 0.3) is 0 Å². The maximum atomic E-state index is 10.7. The second-order valence-electron chi connectivity index (χ2n) is 10.9. The number of benzene rings is 2. The lowest BCUT2D eigenvalue weighted by Crippen LogP contribution is -2.26. The largest absolute Gasteiger partial charge is 0.491 e. The Morgan fingerprint density at radius 2 is 1.56 bits per heavy atom. The molecule has 0 saturated heterocycles. The number of hydrogen-bond acceptors (Lipinski definition) is 4. The van der Waals surface area contributed by atoms with Gasteiger partial charge in [-0.1, -0.05) is 77.1 Å². The van der Waals surface area contributed by atoms with Crippen molar-refractivity contribution in [1.82, 2.24) is 0 Å². The SMILES string of the molecule is CCC(CC)(c1ccc(/C=C/C(O)C(C)(C)C)c(C)c1)c1ccc(OC[C@@H](O)CCC(=O)O)c(C)c1. The van der Waals surface area contributed by atoms with E-state index >= 15 is 0 Å². The molecule has 2 rings (SSSR count). The number of rotatable bonds is 12. The molecule has 198 valence electrons. The Kier molecular flexibility index (Phi) is 10.3. The molecule has 5 nitrogen and oxygen atoms in total. The van der Waals surface area contributed by atoms with Gasteiger partial charge in [-0.05, 0) is 72.4 Å². The Morgan fingerprint density at radius 1 is 0.972 bits per heavy atom. The van der Waals surface area contributed by atoms with Crippen molar-refractivity contribution in [3.05, 3.63) is 70.3 Å². The number of carboxylic acid groups (broad SMARTS) is 1. The van der Waals surface area contributed by atoms with Crippen molar-refractivity contribution < 1.29 is 24.9 Å². The average molecular weight is 497 g/mol. The van der Waals surface area contributed by atoms with E-state index in [0.29, 0.717) is 5.75 Å². The Labute approximate surface area is 216 Å². The van der Waals surface area contributed by atoms with Crippen molar-refractivity contribution >= 4 is 12.0 Å². The number of carbonyl (C=O) groups is 1. The molecule has 0 aliphatic rings. The first-order chi connectivity index (χ1) is 16.8. The van der Waals surface area contributed by atoms with Gasteiger partial charge in [0.2, 0.25) is 0 Å². The van der Waals surface area contributed by atoms with Crippen LogP contribution in [0.3, 0.4) is 0 Å². The molecule has 0 spiro atoms. The predicted molar refractivity (Wildman–Crippen MR) is 147 cm³/mol. The predicted octanol–water partition coefficient (Wildman–Crippen LogP) is 6.43. The number of carboxylic acids is 1. The summed E-state index contributed by atoms with van der Waals surface area (Å²) >= 11 is 0. The van der Waals surface area contributed by atoms with Crippen molar-refractivity contribution in [2.24, 2.45) is 5.41 Å². The van der Waals surface area contributed by atoms with Gasteiger partial charge in [0.05, 0.1) is 12.2 Å². The van der Waals surface area contributed by atoms with E-state index in [-0.39, 0.29) is 30.3 Å². The topological polar surface area (TPSA) is 87.0 Å². The van der Waals surface area contributed by atoms with Crippen molar-refractivity contribution in [2.75, 3.05) is 6.61 Å². The molecule has 0 radical (unpaired) electrons. The quantitative estimate of drug-likeness (QED) is 0.315. The Bertz CT molecular complexity index is 1040. The fourth-order valence-corrected chi connectivity index (χ4v) is 4.55. The number of aliphatic hydroxyl groups excluding tert-OH is 2. The monoisotopic (exact) mass is 496 g/mol. The average Bonchev–Trinajstić information content (AvgIpc) is 2.82. The highest BCUT2D eigenvalue weighted by Crippen LogP contribution is 2.41. The lowest BCUT2D eigenvalue weighted by Gasteiger charge is -2.34. The Hall–Kier alpha value is -2.63. The van der Waals surface area contributed by atoms with Gasteiger partial charge in [-0.3, -0.25) is 4.79 Å². The third-order valence-corrected chi connectivity index (χ3v) is 7.23. The van der Waals surface area contributed by atoms with Crippen LogP contribution in [0.15, 0.2) is 42.5 Å². The molecule has 5 heteroatoms. The highest BCUT2D eigenvalue weighted by Gasteiger charge is 2.31. The molecule has 0 aliphatic heterocycles. The maximum Gasteiger partial charge on any atom is 0.303 e. The van der Waals surface area contributed by atoms with Gasteiger partial charge in [-0.25, -0.2) is 0 Å². The second-order valence-corrected chi connectivity index (χ2v) is 10.9. The van der Waals surface area contributed by atoms with E-state index < -0.39 is 18.2 Å². The zero-order chi connectivity index (χ0) is 27.1. The smallest absolute Gasteiger partial charge is 0.303 e. The van der Waals surface area contributed by atoms with E-state index in [1.807, 2.05) is 45.9 Å². The molecule has 0 aromatic heterocycles. The Morgan fingerprint density at radius 3 is 2.06 bits per heavy atom. The van der Waals surface area contributed by atoms with Gasteiger partial charge in [0, 0.05) is 11.8 Å². The van der Waals surface area contributed by atoms with Gasteiger partial charge in [0.15, 0.2) is 0 Å². The molecule has 2 aromatic rings. The van der Waals surface area contributed by atoms with Crippen LogP contribution >= 0.6 is 0 Å². The normalized spacial score (nSPS) is 14.1. The standard InChI is InChI=1S/C31H44O5/c1-8-31(9-2,24-12-10-23(21(3)18-24)11-16-28(33)30(5,6)7)25-13-15-27(22(4)19-25)36-20-26(32)14-17-29(34)35/h10-13,15-16,18-19,26,28,32-33H,8-9,14,17,20H2,1-7H3,(H,34,35)/b16-11+/t26-,28?/m0/s1. The van der Waals surface area contributed by atoms with E-state index in [9.17, 15) is 15.0 Å². The fourth-order valence-electron chi connectivity index (χ4n) is 4.55. The molecule has 0 saturated carbocycles. The first-order valence-corrected chi connectivity index (χ1v) is 12.9. The molecule has 0 fully saturated rings. The first kappa shape index (κ1) is 29.6. The van der Waals surface area contributed by atoms with Gasteiger partial charge < -0.3 is 20.1 Å². The van der Waals surface area contributed by atoms with Crippen LogP contribution in [-0.2, 0) is 10.2 Å². The maximum absolute atomic E-state index is 10.7. The molecule has 0 bridgehead atoms. The third-order valence-electron chi connectivity index (χ3n) is 7.23. The summed E-state index contributed by atoms with van der Waals surface area (Å²) in [6, 6.07) is 12.8. The molecule has 0 heterocycles. The minimum Gasteiger partial charge on any atom is -0.491 e. The van der Waals surface area contributed by atoms with Crippen LogP contribution in [-0.4, -0.2) is 40.1 Å². The molecule has 36 heavy (non-hydrogen) atoms. The minimum absolute atomic E-state index is 0.0677. The van der Waals surface area contributed by atoms with E-state index in [1.165, 1.54) is 16.7 Å². The summed E-state index contributed by atoms with van der Waals surface area (Å²) in [5.74, 6) is -0.227. The van der Waals surface area contributed by atoms with Gasteiger partial charge >= 0.3 is 5.97 Å². The summed E-state index contributed by atoms with van der Waals surface area (Å²) in [4.78, 5) is 10.7. The van der Waals surface area contributed by atoms with E-state index in [2.05, 4.69) is 51.1 Å². The van der Waals surface area contributed by atoms with Crippen LogP contribution in [0.2, 0.25) is 0 Å². The molecule has 0 aliphatic carbocycles. The Balaban J connectivity index is 2.29. The summed E-state index contributed by atoms with van der Waals surface area (Å²) in [6.07, 6.45) is 4.52. The molecular weight excluding hydrogens is 452 g/mol. The van der Waals surface area contributed by atoms with Crippen molar-refractivity contribution in [1.29, 1.82) is 0 Å². The van der Waals surface area contributed by atoms with Crippen LogP contribution in [0.4, 0.5) is 0 Å². The number of ether oxygens (including phenoxy) is 1. The zero-order valence-corrected chi connectivity index (χ0v) is 23.0. The third kappa shape index (κ3) is 7.44. The van der Waals surface area contributed by atoms with Crippen molar-refractivity contribution in [3.63, 3.8) is 0 Å².